The highest BCUT2D eigenvalue weighted by atomic mass is 19.4. The van der Waals surface area contributed by atoms with Crippen molar-refractivity contribution in [2.45, 2.75) is 38.7 Å². The van der Waals surface area contributed by atoms with Crippen molar-refractivity contribution in [1.82, 2.24) is 25.0 Å². The summed E-state index contributed by atoms with van der Waals surface area (Å²) in [6.45, 7) is 1.40. The quantitative estimate of drug-likeness (QED) is 0.301. The fourth-order valence-corrected chi connectivity index (χ4v) is 3.95. The lowest BCUT2D eigenvalue weighted by Crippen LogP contribution is -2.39. The van der Waals surface area contributed by atoms with Crippen LogP contribution in [0.1, 0.15) is 35.7 Å². The molecule has 1 aliphatic heterocycles. The van der Waals surface area contributed by atoms with Gasteiger partial charge in [-0.15, -0.1) is 10.2 Å². The van der Waals surface area contributed by atoms with Crippen LogP contribution in [-0.4, -0.2) is 32.1 Å². The van der Waals surface area contributed by atoms with E-state index in [0.29, 0.717) is 6.07 Å². The number of carbonyl (C=O) groups excluding carboxylic acids is 1. The number of rotatable bonds is 6. The Morgan fingerprint density at radius 3 is 2.44 bits per heavy atom. The van der Waals surface area contributed by atoms with Crippen LogP contribution in [0.15, 0.2) is 54.2 Å². The summed E-state index contributed by atoms with van der Waals surface area (Å²) in [5, 5.41) is 9.85. The third kappa shape index (κ3) is 5.52. The number of benzene rings is 2. The number of allylic oxidation sites excluding steroid dienone is 1. The molecule has 0 radical (unpaired) electrons. The molecule has 4 rings (SSSR count). The lowest BCUT2D eigenvalue weighted by atomic mass is 10.0. The molecule has 0 aliphatic carbocycles. The number of aromatic nitrogens is 3. The molecule has 6 nitrogen and oxygen atoms in total. The second-order valence-corrected chi connectivity index (χ2v) is 8.33. The van der Waals surface area contributed by atoms with E-state index in [2.05, 4.69) is 15.5 Å². The van der Waals surface area contributed by atoms with Gasteiger partial charge in [-0.25, -0.2) is 13.2 Å². The Hall–Kier alpha value is -3.83. The molecule has 1 amide bonds. The van der Waals surface area contributed by atoms with Crippen molar-refractivity contribution >= 4 is 5.91 Å². The van der Waals surface area contributed by atoms with E-state index in [-0.39, 0.29) is 49.2 Å². The minimum atomic E-state index is -4.67. The summed E-state index contributed by atoms with van der Waals surface area (Å²) in [7, 11) is 0. The molecule has 1 unspecified atom stereocenters. The summed E-state index contributed by atoms with van der Waals surface area (Å²) in [5.41, 5.74) is 0.894. The van der Waals surface area contributed by atoms with Crippen molar-refractivity contribution < 1.29 is 31.1 Å². The summed E-state index contributed by atoms with van der Waals surface area (Å²) in [6, 6.07) is 9.95. The molecule has 190 valence electrons. The first-order valence-electron chi connectivity index (χ1n) is 11.0. The van der Waals surface area contributed by atoms with E-state index in [1.807, 2.05) is 30.3 Å². The maximum Gasteiger partial charge on any atom is 0.451 e. The van der Waals surface area contributed by atoms with Gasteiger partial charge in [-0.3, -0.25) is 4.79 Å². The number of fused-ring (bicyclic) bond motifs is 1. The van der Waals surface area contributed by atoms with E-state index in [9.17, 15) is 31.1 Å². The zero-order valence-corrected chi connectivity index (χ0v) is 19.0. The van der Waals surface area contributed by atoms with Crippen molar-refractivity contribution in [3.05, 3.63) is 94.5 Å². The monoisotopic (exact) mass is 509 g/mol. The Bertz CT molecular complexity index is 1290. The Labute approximate surface area is 202 Å². The zero-order valence-electron chi connectivity index (χ0n) is 19.0. The van der Waals surface area contributed by atoms with Gasteiger partial charge >= 0.3 is 6.18 Å². The van der Waals surface area contributed by atoms with Gasteiger partial charge in [0, 0.05) is 43.4 Å². The smallest absolute Gasteiger partial charge is 0.381 e. The molecule has 0 bridgehead atoms. The van der Waals surface area contributed by atoms with Crippen LogP contribution in [-0.2, 0) is 30.5 Å². The molecule has 0 spiro atoms. The van der Waals surface area contributed by atoms with Crippen molar-refractivity contribution in [3.8, 4) is 0 Å². The van der Waals surface area contributed by atoms with Crippen molar-refractivity contribution in [3.63, 3.8) is 0 Å². The van der Waals surface area contributed by atoms with Gasteiger partial charge in [-0.1, -0.05) is 30.3 Å². The molecule has 0 saturated heterocycles. The van der Waals surface area contributed by atoms with E-state index in [4.69, 9.17) is 0 Å². The first-order valence-corrected chi connectivity index (χ1v) is 11.0. The minimum absolute atomic E-state index is 0.0193. The highest BCUT2D eigenvalue weighted by Crippen LogP contribution is 2.29. The molecule has 2 aromatic carbocycles. The number of carbonyl (C=O) groups is 1. The average Bonchev–Trinajstić information content (AvgIpc) is 3.27. The number of alkyl halides is 3. The van der Waals surface area contributed by atoms with Crippen molar-refractivity contribution in [1.29, 1.82) is 0 Å². The molecule has 12 heteroatoms. The van der Waals surface area contributed by atoms with Crippen molar-refractivity contribution in [2.75, 3.05) is 6.54 Å². The molecule has 0 saturated carbocycles. The van der Waals surface area contributed by atoms with Gasteiger partial charge in [0.25, 0.3) is 0 Å². The van der Waals surface area contributed by atoms with E-state index >= 15 is 0 Å². The van der Waals surface area contributed by atoms with Crippen LogP contribution in [0.3, 0.4) is 0 Å². The Morgan fingerprint density at radius 1 is 1.06 bits per heavy atom. The lowest BCUT2D eigenvalue weighted by molar-refractivity contribution is -0.148. The molecule has 1 aromatic heterocycles. The van der Waals surface area contributed by atoms with Crippen LogP contribution in [0.25, 0.3) is 0 Å². The van der Waals surface area contributed by atoms with Crippen LogP contribution in [0.5, 0.6) is 0 Å². The van der Waals surface area contributed by atoms with Crippen LogP contribution in [0.4, 0.5) is 26.3 Å². The minimum Gasteiger partial charge on any atom is -0.381 e. The fraction of sp³-hybridized carbons (Fsp3) is 0.292. The van der Waals surface area contributed by atoms with Gasteiger partial charge in [-0.2, -0.15) is 13.2 Å². The topological polar surface area (TPSA) is 63.1 Å². The van der Waals surface area contributed by atoms with E-state index in [1.54, 1.807) is 6.92 Å². The summed E-state index contributed by atoms with van der Waals surface area (Å²) >= 11 is 0. The molecule has 36 heavy (non-hydrogen) atoms. The largest absolute Gasteiger partial charge is 0.451 e. The predicted molar refractivity (Wildman–Crippen MR) is 117 cm³/mol. The normalized spacial score (nSPS) is 15.0. The first kappa shape index (κ1) is 25.3. The SMILES string of the molecule is CC(N/C(=C\C(=O)N1CCn2c(nnc2C(F)(F)F)C1)Cc1cc(F)c(F)cc1F)c1ccccc1. The second-order valence-electron chi connectivity index (χ2n) is 8.33. The van der Waals surface area contributed by atoms with Gasteiger partial charge in [0.05, 0.1) is 6.54 Å². The summed E-state index contributed by atoms with van der Waals surface area (Å²) in [4.78, 5) is 14.3. The number of halogens is 6. The molecule has 1 atom stereocenters. The number of nitrogens with one attached hydrogen (secondary N) is 1. The van der Waals surface area contributed by atoms with Crippen LogP contribution in [0.2, 0.25) is 0 Å². The number of hydrogen-bond acceptors (Lipinski definition) is 4. The molecule has 0 fully saturated rings. The molecule has 1 N–H and O–H groups in total. The Kier molecular flexibility index (Phi) is 7.04. The summed E-state index contributed by atoms with van der Waals surface area (Å²) < 4.78 is 81.7. The van der Waals surface area contributed by atoms with Crippen molar-refractivity contribution in [2.24, 2.45) is 0 Å². The van der Waals surface area contributed by atoms with Crippen LogP contribution >= 0.6 is 0 Å². The second kappa shape index (κ2) is 10.0. The van der Waals surface area contributed by atoms with Gasteiger partial charge < -0.3 is 14.8 Å². The fourth-order valence-electron chi connectivity index (χ4n) is 3.95. The van der Waals surface area contributed by atoms with Crippen LogP contribution < -0.4 is 5.32 Å². The lowest BCUT2D eigenvalue weighted by Gasteiger charge is -2.28. The van der Waals surface area contributed by atoms with Gasteiger partial charge in [0.1, 0.15) is 5.82 Å². The molecule has 1 aliphatic rings. The molecule has 3 aromatic rings. The summed E-state index contributed by atoms with van der Waals surface area (Å²) in [5.74, 6) is -5.26. The number of hydrogen-bond donors (Lipinski definition) is 1. The standard InChI is InChI=1S/C24H21F6N5O/c1-14(15-5-3-2-4-6-15)31-17(9-16-10-19(26)20(27)12-18(16)25)11-22(36)34-7-8-35-21(13-34)32-33-23(35)24(28,29)30/h2-6,10-12,14,31H,7-9,13H2,1H3/b17-11-. The molecule has 2 heterocycles. The summed E-state index contributed by atoms with van der Waals surface area (Å²) in [6.07, 6.45) is -3.75. The van der Waals surface area contributed by atoms with E-state index < -0.39 is 35.4 Å². The maximum absolute atomic E-state index is 14.3. The number of amides is 1. The third-order valence-corrected chi connectivity index (χ3v) is 5.79. The highest BCUT2D eigenvalue weighted by molar-refractivity contribution is 5.88. The maximum atomic E-state index is 14.3. The van der Waals surface area contributed by atoms with Gasteiger partial charge in [-0.05, 0) is 24.1 Å². The molecular formula is C24H21F6N5O. The number of nitrogens with zero attached hydrogens (tertiary/aromatic N) is 4. The Balaban J connectivity index is 1.59. The third-order valence-electron chi connectivity index (χ3n) is 5.79. The van der Waals surface area contributed by atoms with Crippen LogP contribution in [0, 0.1) is 17.5 Å². The van der Waals surface area contributed by atoms with E-state index in [1.165, 1.54) is 11.0 Å². The van der Waals surface area contributed by atoms with E-state index in [0.717, 1.165) is 16.2 Å². The average molecular weight is 509 g/mol. The first-order chi connectivity index (χ1) is 17.0. The highest BCUT2D eigenvalue weighted by Gasteiger charge is 2.39. The molecular weight excluding hydrogens is 488 g/mol. The van der Waals surface area contributed by atoms with Gasteiger partial charge in [0.15, 0.2) is 17.5 Å². The Morgan fingerprint density at radius 2 is 1.75 bits per heavy atom. The predicted octanol–water partition coefficient (Wildman–Crippen LogP) is 4.53. The zero-order chi connectivity index (χ0) is 26.0. The van der Waals surface area contributed by atoms with Gasteiger partial charge in [0.2, 0.25) is 11.7 Å².